The second-order valence-electron chi connectivity index (χ2n) is 4.71. The number of hydrogen-bond acceptors (Lipinski definition) is 4. The summed E-state index contributed by atoms with van der Waals surface area (Å²) >= 11 is 3.46. The van der Waals surface area contributed by atoms with Crippen LogP contribution in [0, 0.1) is 0 Å². The van der Waals surface area contributed by atoms with Gasteiger partial charge in [-0.1, -0.05) is 28.1 Å². The number of nitrogens with one attached hydrogen (secondary N) is 1. The van der Waals surface area contributed by atoms with Crippen molar-refractivity contribution in [2.45, 2.75) is 6.04 Å². The van der Waals surface area contributed by atoms with Crippen molar-refractivity contribution in [3.63, 3.8) is 0 Å². The Morgan fingerprint density at radius 1 is 1.19 bits per heavy atom. The van der Waals surface area contributed by atoms with Gasteiger partial charge in [0.15, 0.2) is 0 Å². The van der Waals surface area contributed by atoms with Crippen LogP contribution in [0.1, 0.15) is 17.4 Å². The normalized spacial score (nSPS) is 17.0. The van der Waals surface area contributed by atoms with Gasteiger partial charge in [-0.3, -0.25) is 0 Å². The second kappa shape index (κ2) is 4.89. The SMILES string of the molecule is Brc1ccc(C2C=C(c3ccco3)Nc3ncnn32)cc1. The van der Waals surface area contributed by atoms with Gasteiger partial charge in [-0.25, -0.2) is 4.68 Å². The fourth-order valence-electron chi connectivity index (χ4n) is 2.41. The van der Waals surface area contributed by atoms with Gasteiger partial charge in [0.2, 0.25) is 5.95 Å². The van der Waals surface area contributed by atoms with Crippen LogP contribution in [-0.4, -0.2) is 14.8 Å². The van der Waals surface area contributed by atoms with E-state index in [1.54, 1.807) is 12.6 Å². The molecule has 104 valence electrons. The third-order valence-electron chi connectivity index (χ3n) is 3.41. The first-order valence-corrected chi connectivity index (χ1v) is 7.28. The predicted molar refractivity (Wildman–Crippen MR) is 82.6 cm³/mol. The van der Waals surface area contributed by atoms with Crippen molar-refractivity contribution >= 4 is 27.6 Å². The molecular formula is C15H11BrN4O. The summed E-state index contributed by atoms with van der Waals surface area (Å²) in [6.07, 6.45) is 5.29. The van der Waals surface area contributed by atoms with Gasteiger partial charge in [0, 0.05) is 4.47 Å². The first-order chi connectivity index (χ1) is 10.3. The Hall–Kier alpha value is -2.34. The monoisotopic (exact) mass is 342 g/mol. The van der Waals surface area contributed by atoms with Crippen molar-refractivity contribution in [1.82, 2.24) is 14.8 Å². The van der Waals surface area contributed by atoms with Gasteiger partial charge >= 0.3 is 0 Å². The molecule has 0 amide bonds. The molecule has 0 saturated carbocycles. The quantitative estimate of drug-likeness (QED) is 0.771. The molecule has 2 aromatic heterocycles. The van der Waals surface area contributed by atoms with Gasteiger partial charge in [-0.05, 0) is 35.9 Å². The standard InChI is InChI=1S/C15H11BrN4O/c16-11-5-3-10(4-6-11)13-8-12(14-2-1-7-21-14)19-15-17-9-18-20(13)15/h1-9,13H,(H,17,18,19). The van der Waals surface area contributed by atoms with E-state index in [1.807, 2.05) is 28.9 Å². The average molecular weight is 343 g/mol. The van der Waals surface area contributed by atoms with Gasteiger partial charge < -0.3 is 9.73 Å². The minimum absolute atomic E-state index is 0.0167. The number of fused-ring (bicyclic) bond motifs is 1. The van der Waals surface area contributed by atoms with Crippen LogP contribution in [0.4, 0.5) is 5.95 Å². The molecule has 0 aliphatic carbocycles. The lowest BCUT2D eigenvalue weighted by Gasteiger charge is -2.23. The molecule has 1 aliphatic heterocycles. The Morgan fingerprint density at radius 2 is 2.05 bits per heavy atom. The van der Waals surface area contributed by atoms with E-state index in [9.17, 15) is 0 Å². The van der Waals surface area contributed by atoms with Crippen LogP contribution in [0.3, 0.4) is 0 Å². The molecular weight excluding hydrogens is 332 g/mol. The van der Waals surface area contributed by atoms with Crippen LogP contribution in [0.2, 0.25) is 0 Å². The van der Waals surface area contributed by atoms with Crippen LogP contribution in [0.25, 0.3) is 5.70 Å². The number of aromatic nitrogens is 3. The fraction of sp³-hybridized carbons (Fsp3) is 0.0667. The van der Waals surface area contributed by atoms with E-state index in [0.29, 0.717) is 5.95 Å². The van der Waals surface area contributed by atoms with Gasteiger partial charge in [0.05, 0.1) is 12.0 Å². The molecule has 3 aromatic rings. The van der Waals surface area contributed by atoms with Gasteiger partial charge in [0.1, 0.15) is 18.1 Å². The third kappa shape index (κ3) is 2.17. The zero-order valence-electron chi connectivity index (χ0n) is 10.9. The van der Waals surface area contributed by atoms with Gasteiger partial charge in [-0.15, -0.1) is 0 Å². The summed E-state index contributed by atoms with van der Waals surface area (Å²) in [6, 6.07) is 12.0. The molecule has 3 heterocycles. The zero-order chi connectivity index (χ0) is 14.2. The molecule has 1 aromatic carbocycles. The van der Waals surface area contributed by atoms with Crippen molar-refractivity contribution in [3.05, 3.63) is 70.9 Å². The van der Waals surface area contributed by atoms with Crippen molar-refractivity contribution in [3.8, 4) is 0 Å². The summed E-state index contributed by atoms with van der Waals surface area (Å²) in [4.78, 5) is 4.26. The van der Waals surface area contributed by atoms with E-state index in [4.69, 9.17) is 4.42 Å². The van der Waals surface area contributed by atoms with E-state index in [1.165, 1.54) is 0 Å². The highest BCUT2D eigenvalue weighted by atomic mass is 79.9. The molecule has 5 nitrogen and oxygen atoms in total. The maximum absolute atomic E-state index is 5.47. The van der Waals surface area contributed by atoms with E-state index < -0.39 is 0 Å². The molecule has 0 saturated heterocycles. The van der Waals surface area contributed by atoms with Crippen molar-refractivity contribution in [2.75, 3.05) is 5.32 Å². The number of rotatable bonds is 2. The summed E-state index contributed by atoms with van der Waals surface area (Å²) in [5.41, 5.74) is 2.03. The summed E-state index contributed by atoms with van der Waals surface area (Å²) < 4.78 is 8.38. The summed E-state index contributed by atoms with van der Waals surface area (Å²) in [7, 11) is 0. The minimum atomic E-state index is -0.0167. The highest BCUT2D eigenvalue weighted by Crippen LogP contribution is 2.32. The Kier molecular flexibility index (Phi) is 2.89. The predicted octanol–water partition coefficient (Wildman–Crippen LogP) is 3.69. The molecule has 21 heavy (non-hydrogen) atoms. The first-order valence-electron chi connectivity index (χ1n) is 6.49. The molecule has 1 unspecified atom stereocenters. The average Bonchev–Trinajstić information content (AvgIpc) is 3.18. The van der Waals surface area contributed by atoms with Gasteiger partial charge in [0.25, 0.3) is 0 Å². The topological polar surface area (TPSA) is 55.9 Å². The van der Waals surface area contributed by atoms with Crippen LogP contribution >= 0.6 is 15.9 Å². The number of furan rings is 1. The molecule has 0 bridgehead atoms. The van der Waals surface area contributed by atoms with E-state index in [2.05, 4.69) is 49.5 Å². The highest BCUT2D eigenvalue weighted by Gasteiger charge is 2.24. The molecule has 4 rings (SSSR count). The van der Waals surface area contributed by atoms with Crippen LogP contribution in [-0.2, 0) is 0 Å². The van der Waals surface area contributed by atoms with E-state index >= 15 is 0 Å². The number of hydrogen-bond donors (Lipinski definition) is 1. The van der Waals surface area contributed by atoms with E-state index in [-0.39, 0.29) is 6.04 Å². The lowest BCUT2D eigenvalue weighted by molar-refractivity contribution is 0.547. The Bertz CT molecular complexity index is 789. The van der Waals surface area contributed by atoms with Crippen molar-refractivity contribution in [1.29, 1.82) is 0 Å². The van der Waals surface area contributed by atoms with Crippen LogP contribution < -0.4 is 5.32 Å². The third-order valence-corrected chi connectivity index (χ3v) is 3.93. The van der Waals surface area contributed by atoms with Crippen molar-refractivity contribution < 1.29 is 4.42 Å². The molecule has 0 radical (unpaired) electrons. The van der Waals surface area contributed by atoms with Crippen LogP contribution in [0.5, 0.6) is 0 Å². The summed E-state index contributed by atoms with van der Waals surface area (Å²) in [5.74, 6) is 1.49. The molecule has 0 spiro atoms. The number of allylic oxidation sites excluding steroid dienone is 1. The maximum Gasteiger partial charge on any atom is 0.226 e. The maximum atomic E-state index is 5.47. The zero-order valence-corrected chi connectivity index (χ0v) is 12.5. The molecule has 0 fully saturated rings. The molecule has 1 N–H and O–H groups in total. The largest absolute Gasteiger partial charge is 0.463 e. The van der Waals surface area contributed by atoms with Gasteiger partial charge in [-0.2, -0.15) is 10.1 Å². The lowest BCUT2D eigenvalue weighted by Crippen LogP contribution is -2.20. The Morgan fingerprint density at radius 3 is 2.81 bits per heavy atom. The summed E-state index contributed by atoms with van der Waals surface area (Å²) in [5, 5.41) is 7.55. The number of benzene rings is 1. The molecule has 1 aliphatic rings. The molecule has 1 atom stereocenters. The van der Waals surface area contributed by atoms with Crippen molar-refractivity contribution in [2.24, 2.45) is 0 Å². The fourth-order valence-corrected chi connectivity index (χ4v) is 2.67. The number of halogens is 1. The Balaban J connectivity index is 1.82. The molecule has 6 heteroatoms. The van der Waals surface area contributed by atoms with E-state index in [0.717, 1.165) is 21.5 Å². The lowest BCUT2D eigenvalue weighted by atomic mass is 10.0. The minimum Gasteiger partial charge on any atom is -0.463 e. The first kappa shape index (κ1) is 12.4. The number of nitrogens with zero attached hydrogens (tertiary/aromatic N) is 3. The van der Waals surface area contributed by atoms with Crippen LogP contribution in [0.15, 0.2) is 64.0 Å². The highest BCUT2D eigenvalue weighted by molar-refractivity contribution is 9.10. The smallest absolute Gasteiger partial charge is 0.226 e. The second-order valence-corrected chi connectivity index (χ2v) is 5.62. The summed E-state index contributed by atoms with van der Waals surface area (Å²) in [6.45, 7) is 0. The Labute approximate surface area is 129 Å². The number of anilines is 1.